The van der Waals surface area contributed by atoms with Crippen molar-refractivity contribution < 1.29 is 22.8 Å². The number of nitrogens with two attached hydrogens (primary N) is 1. The lowest BCUT2D eigenvalue weighted by Crippen LogP contribution is -2.18. The second kappa shape index (κ2) is 9.17. The second-order valence-electron chi connectivity index (χ2n) is 8.15. The van der Waals surface area contributed by atoms with E-state index < -0.39 is 23.7 Å². The summed E-state index contributed by atoms with van der Waals surface area (Å²) in [6.07, 6.45) is 0.183. The van der Waals surface area contributed by atoms with E-state index >= 15 is 0 Å². The molecule has 0 spiro atoms. The van der Waals surface area contributed by atoms with Crippen molar-refractivity contribution in [3.63, 3.8) is 0 Å². The molecule has 0 unspecified atom stereocenters. The fourth-order valence-electron chi connectivity index (χ4n) is 3.77. The molecule has 0 fully saturated rings. The topological polar surface area (TPSA) is 121 Å². The van der Waals surface area contributed by atoms with Gasteiger partial charge in [-0.15, -0.1) is 11.3 Å². The van der Waals surface area contributed by atoms with Crippen molar-refractivity contribution >= 4 is 39.1 Å². The summed E-state index contributed by atoms with van der Waals surface area (Å²) in [7, 11) is 0. The number of halogens is 3. The largest absolute Gasteiger partial charge is 0.433 e. The molecule has 0 aliphatic rings. The van der Waals surface area contributed by atoms with Crippen molar-refractivity contribution in [2.45, 2.75) is 19.8 Å². The van der Waals surface area contributed by atoms with E-state index in [1.54, 1.807) is 53.6 Å². The number of primary amides is 1. The van der Waals surface area contributed by atoms with Crippen molar-refractivity contribution in [2.75, 3.05) is 5.32 Å². The molecule has 0 atom stereocenters. The van der Waals surface area contributed by atoms with Gasteiger partial charge in [-0.3, -0.25) is 19.0 Å². The highest BCUT2D eigenvalue weighted by molar-refractivity contribution is 7.21. The number of thiophene rings is 1. The fourth-order valence-corrected chi connectivity index (χ4v) is 4.78. The van der Waals surface area contributed by atoms with Gasteiger partial charge < -0.3 is 11.1 Å². The third-order valence-corrected chi connectivity index (χ3v) is 6.60. The van der Waals surface area contributed by atoms with Gasteiger partial charge in [0.15, 0.2) is 5.69 Å². The minimum Gasteiger partial charge on any atom is -0.365 e. The van der Waals surface area contributed by atoms with Gasteiger partial charge in [-0.2, -0.15) is 23.4 Å². The highest BCUT2D eigenvalue weighted by Crippen LogP contribution is 2.43. The van der Waals surface area contributed by atoms with E-state index in [1.807, 2.05) is 6.92 Å². The smallest absolute Gasteiger partial charge is 0.365 e. The van der Waals surface area contributed by atoms with Crippen molar-refractivity contribution in [3.05, 3.63) is 82.9 Å². The SMILES string of the molecule is Cc1ccc(-c2cc(C(F)(F)F)nc3sc(C(N)=O)c(NC(=O)c4ccn(Cn5cccn5)n4)c23)cc1. The summed E-state index contributed by atoms with van der Waals surface area (Å²) >= 11 is 0.682. The zero-order valence-corrected chi connectivity index (χ0v) is 20.0. The molecule has 4 heterocycles. The maximum absolute atomic E-state index is 13.7. The van der Waals surface area contributed by atoms with Crippen LogP contribution in [0.1, 0.15) is 31.4 Å². The number of rotatable bonds is 6. The van der Waals surface area contributed by atoms with Crippen LogP contribution in [0, 0.1) is 6.92 Å². The van der Waals surface area contributed by atoms with Gasteiger partial charge in [0, 0.05) is 24.0 Å². The summed E-state index contributed by atoms with van der Waals surface area (Å²) in [5.74, 6) is -1.58. The average Bonchev–Trinajstić information content (AvgIpc) is 3.59. The van der Waals surface area contributed by atoms with E-state index in [4.69, 9.17) is 5.73 Å². The third-order valence-electron chi connectivity index (χ3n) is 5.50. The molecule has 0 saturated heterocycles. The highest BCUT2D eigenvalue weighted by atomic mass is 32.1. The first-order valence-electron chi connectivity index (χ1n) is 10.8. The Morgan fingerprint density at radius 1 is 1.11 bits per heavy atom. The maximum atomic E-state index is 13.7. The Bertz CT molecular complexity index is 1620. The Kier molecular flexibility index (Phi) is 5.99. The Hall–Kier alpha value is -4.52. The van der Waals surface area contributed by atoms with Gasteiger partial charge in [-0.25, -0.2) is 4.98 Å². The predicted molar refractivity (Wildman–Crippen MR) is 131 cm³/mol. The van der Waals surface area contributed by atoms with Crippen LogP contribution >= 0.6 is 11.3 Å². The number of nitrogens with one attached hydrogen (secondary N) is 1. The zero-order valence-electron chi connectivity index (χ0n) is 19.2. The predicted octanol–water partition coefficient (Wildman–Crippen LogP) is 4.54. The first kappa shape index (κ1) is 24.2. The number of nitrogens with zero attached hydrogens (tertiary/aromatic N) is 5. The van der Waals surface area contributed by atoms with Gasteiger partial charge in [0.2, 0.25) is 0 Å². The van der Waals surface area contributed by atoms with Gasteiger partial charge >= 0.3 is 6.18 Å². The summed E-state index contributed by atoms with van der Waals surface area (Å²) in [6.45, 7) is 2.11. The van der Waals surface area contributed by atoms with Crippen LogP contribution in [0.3, 0.4) is 0 Å². The monoisotopic (exact) mass is 525 g/mol. The number of amides is 2. The van der Waals surface area contributed by atoms with Crippen LogP contribution < -0.4 is 11.1 Å². The number of fused-ring (bicyclic) bond motifs is 1. The normalized spacial score (nSPS) is 11.7. The molecule has 9 nitrogen and oxygen atoms in total. The Labute approximate surface area is 211 Å². The van der Waals surface area contributed by atoms with E-state index in [9.17, 15) is 22.8 Å². The lowest BCUT2D eigenvalue weighted by atomic mass is 10.00. The molecule has 0 aliphatic carbocycles. The van der Waals surface area contributed by atoms with Gasteiger partial charge in [0.05, 0.1) is 5.69 Å². The van der Waals surface area contributed by atoms with E-state index in [0.717, 1.165) is 11.6 Å². The Balaban J connectivity index is 1.61. The number of anilines is 1. The lowest BCUT2D eigenvalue weighted by molar-refractivity contribution is -0.140. The molecule has 188 valence electrons. The Morgan fingerprint density at radius 3 is 2.51 bits per heavy atom. The van der Waals surface area contributed by atoms with Gasteiger partial charge in [-0.1, -0.05) is 29.8 Å². The van der Waals surface area contributed by atoms with Gasteiger partial charge in [0.1, 0.15) is 22.1 Å². The van der Waals surface area contributed by atoms with Crippen LogP contribution in [-0.2, 0) is 12.8 Å². The number of pyridine rings is 1. The van der Waals surface area contributed by atoms with Crippen LogP contribution in [0.5, 0.6) is 0 Å². The number of hydrogen-bond donors (Lipinski definition) is 2. The molecule has 1 aromatic carbocycles. The van der Waals surface area contributed by atoms with Crippen molar-refractivity contribution in [3.8, 4) is 11.1 Å². The first-order valence-corrected chi connectivity index (χ1v) is 11.7. The van der Waals surface area contributed by atoms with Crippen LogP contribution in [-0.4, -0.2) is 36.4 Å². The molecule has 3 N–H and O–H groups in total. The molecule has 5 aromatic rings. The minimum absolute atomic E-state index is 0.0177. The summed E-state index contributed by atoms with van der Waals surface area (Å²) in [6, 6.07) is 10.9. The summed E-state index contributed by atoms with van der Waals surface area (Å²) < 4.78 is 44.1. The molecule has 4 aromatic heterocycles. The van der Waals surface area contributed by atoms with E-state index in [-0.39, 0.29) is 38.7 Å². The second-order valence-corrected chi connectivity index (χ2v) is 9.15. The van der Waals surface area contributed by atoms with Crippen LogP contribution in [0.15, 0.2) is 61.1 Å². The third kappa shape index (κ3) is 4.80. The van der Waals surface area contributed by atoms with Gasteiger partial charge in [0.25, 0.3) is 11.8 Å². The quantitative estimate of drug-likeness (QED) is 0.337. The number of carbonyl (C=O) groups is 2. The summed E-state index contributed by atoms with van der Waals surface area (Å²) in [5.41, 5.74) is 5.95. The molecule has 0 aliphatic heterocycles. The number of aryl methyl sites for hydroxylation is 1. The number of carbonyl (C=O) groups excluding carboxylic acids is 2. The van der Waals surface area contributed by atoms with E-state index in [0.29, 0.717) is 16.9 Å². The average molecular weight is 526 g/mol. The molecule has 0 saturated carbocycles. The zero-order chi connectivity index (χ0) is 26.3. The summed E-state index contributed by atoms with van der Waals surface area (Å²) in [4.78, 5) is 28.9. The molecule has 13 heteroatoms. The number of benzene rings is 1. The first-order chi connectivity index (χ1) is 17.6. The van der Waals surface area contributed by atoms with Crippen molar-refractivity contribution in [2.24, 2.45) is 5.73 Å². The van der Waals surface area contributed by atoms with Crippen LogP contribution in [0.4, 0.5) is 18.9 Å². The Morgan fingerprint density at radius 2 is 1.86 bits per heavy atom. The molecular formula is C24H18F3N7O2S. The molecule has 2 amide bonds. The van der Waals surface area contributed by atoms with Crippen molar-refractivity contribution in [1.29, 1.82) is 0 Å². The molecule has 0 radical (unpaired) electrons. The molecular weight excluding hydrogens is 507 g/mol. The standard InChI is InChI=1S/C24H18F3N7O2S/c1-13-3-5-14(6-4-13)15-11-17(24(25,26)27)30-23-18(15)19(20(37-23)21(28)35)31-22(36)16-7-10-34(32-16)12-33-9-2-8-29-33/h2-11H,12H2,1H3,(H2,28,35)(H,31,36). The fraction of sp³-hybridized carbons (Fsp3) is 0.125. The number of alkyl halides is 3. The van der Waals surface area contributed by atoms with Crippen LogP contribution in [0.2, 0.25) is 0 Å². The van der Waals surface area contributed by atoms with Gasteiger partial charge in [-0.05, 0) is 36.2 Å². The molecule has 0 bridgehead atoms. The maximum Gasteiger partial charge on any atom is 0.433 e. The highest BCUT2D eigenvalue weighted by Gasteiger charge is 2.35. The van der Waals surface area contributed by atoms with Crippen molar-refractivity contribution in [1.82, 2.24) is 24.5 Å². The number of hydrogen-bond acceptors (Lipinski definition) is 6. The number of aromatic nitrogens is 5. The van der Waals surface area contributed by atoms with E-state index in [2.05, 4.69) is 20.5 Å². The molecule has 5 rings (SSSR count). The molecule has 37 heavy (non-hydrogen) atoms. The van der Waals surface area contributed by atoms with Crippen LogP contribution in [0.25, 0.3) is 21.3 Å². The summed E-state index contributed by atoms with van der Waals surface area (Å²) in [5, 5.41) is 11.1. The lowest BCUT2D eigenvalue weighted by Gasteiger charge is -2.12. The minimum atomic E-state index is -4.73. The van der Waals surface area contributed by atoms with E-state index in [1.165, 1.54) is 10.7 Å².